The van der Waals surface area contributed by atoms with E-state index in [1.165, 1.54) is 12.1 Å². The van der Waals surface area contributed by atoms with Gasteiger partial charge in [-0.2, -0.15) is 0 Å². The van der Waals surface area contributed by atoms with Gasteiger partial charge in [-0.15, -0.1) is 0 Å². The SMILES string of the molecule is CC[C@H](C)[C@H](NC(=O)CN1CCCC1)C(=O)NC(Cc1ccccc1)[C@H](O)CNCC(C)CS(=O)(=O)c1ccc2c(c1)OCO2. The Morgan fingerprint density at radius 3 is 2.40 bits per heavy atom. The fourth-order valence-corrected chi connectivity index (χ4v) is 7.33. The number of carbonyl (C=O) groups excluding carboxylic acids is 2. The fourth-order valence-electron chi connectivity index (χ4n) is 5.71. The van der Waals surface area contributed by atoms with E-state index in [2.05, 4.69) is 20.9 Å². The van der Waals surface area contributed by atoms with Crippen LogP contribution in [0.4, 0.5) is 0 Å². The summed E-state index contributed by atoms with van der Waals surface area (Å²) >= 11 is 0. The molecule has 4 N–H and O–H groups in total. The highest BCUT2D eigenvalue weighted by Gasteiger charge is 2.31. The van der Waals surface area contributed by atoms with E-state index in [0.29, 0.717) is 30.9 Å². The van der Waals surface area contributed by atoms with Crippen molar-refractivity contribution >= 4 is 21.7 Å². The van der Waals surface area contributed by atoms with E-state index in [0.717, 1.165) is 31.5 Å². The zero-order valence-electron chi connectivity index (χ0n) is 26.5. The van der Waals surface area contributed by atoms with Crippen molar-refractivity contribution in [3.63, 3.8) is 0 Å². The number of nitrogens with zero attached hydrogens (tertiary/aromatic N) is 1. The number of ether oxygens (including phenoxy) is 2. The summed E-state index contributed by atoms with van der Waals surface area (Å²) in [6, 6.07) is 12.8. The molecule has 2 unspecified atom stereocenters. The number of hydrogen-bond acceptors (Lipinski definition) is 9. The minimum absolute atomic E-state index is 0.0683. The predicted molar refractivity (Wildman–Crippen MR) is 172 cm³/mol. The summed E-state index contributed by atoms with van der Waals surface area (Å²) in [6.07, 6.45) is 2.26. The molecular weight excluding hydrogens is 596 g/mol. The maximum atomic E-state index is 13.6. The number of amides is 2. The first-order chi connectivity index (χ1) is 21.6. The molecule has 0 bridgehead atoms. The number of fused-ring (bicyclic) bond motifs is 1. The molecule has 12 heteroatoms. The number of hydrogen-bond donors (Lipinski definition) is 4. The third-order valence-electron chi connectivity index (χ3n) is 8.52. The van der Waals surface area contributed by atoms with E-state index in [9.17, 15) is 23.1 Å². The number of rotatable bonds is 17. The van der Waals surface area contributed by atoms with Gasteiger partial charge in [-0.05, 0) is 68.4 Å². The van der Waals surface area contributed by atoms with Crippen LogP contribution in [0.2, 0.25) is 0 Å². The van der Waals surface area contributed by atoms with Gasteiger partial charge in [-0.1, -0.05) is 57.5 Å². The molecule has 2 aliphatic rings. The van der Waals surface area contributed by atoms with Crippen LogP contribution in [0, 0.1) is 11.8 Å². The summed E-state index contributed by atoms with van der Waals surface area (Å²) in [7, 11) is -3.58. The van der Waals surface area contributed by atoms with Gasteiger partial charge in [-0.3, -0.25) is 14.5 Å². The molecule has 0 aliphatic carbocycles. The van der Waals surface area contributed by atoms with Crippen LogP contribution in [0.25, 0.3) is 0 Å². The van der Waals surface area contributed by atoms with Crippen molar-refractivity contribution in [2.75, 3.05) is 45.3 Å². The Balaban J connectivity index is 1.35. The van der Waals surface area contributed by atoms with Crippen LogP contribution >= 0.6 is 0 Å². The molecule has 2 aliphatic heterocycles. The van der Waals surface area contributed by atoms with Crippen LogP contribution in [0.3, 0.4) is 0 Å². The molecule has 0 spiro atoms. The highest BCUT2D eigenvalue weighted by atomic mass is 32.2. The highest BCUT2D eigenvalue weighted by Crippen LogP contribution is 2.34. The van der Waals surface area contributed by atoms with Crippen LogP contribution in [0.1, 0.15) is 45.6 Å². The Bertz CT molecular complexity index is 1370. The quantitative estimate of drug-likeness (QED) is 0.203. The van der Waals surface area contributed by atoms with Crippen LogP contribution in [0.15, 0.2) is 53.4 Å². The van der Waals surface area contributed by atoms with Gasteiger partial charge in [-0.25, -0.2) is 8.42 Å². The monoisotopic (exact) mass is 644 g/mol. The van der Waals surface area contributed by atoms with Gasteiger partial charge < -0.3 is 30.5 Å². The molecule has 2 aromatic carbocycles. The van der Waals surface area contributed by atoms with Crippen molar-refractivity contribution in [1.29, 1.82) is 0 Å². The van der Waals surface area contributed by atoms with Gasteiger partial charge in [0.2, 0.25) is 18.6 Å². The zero-order chi connectivity index (χ0) is 32.4. The molecule has 0 radical (unpaired) electrons. The second kappa shape index (κ2) is 16.4. The van der Waals surface area contributed by atoms with Gasteiger partial charge in [0.15, 0.2) is 21.3 Å². The summed E-state index contributed by atoms with van der Waals surface area (Å²) < 4.78 is 36.7. The van der Waals surface area contributed by atoms with Gasteiger partial charge in [0.1, 0.15) is 6.04 Å². The van der Waals surface area contributed by atoms with Crippen LogP contribution < -0.4 is 25.4 Å². The molecule has 45 heavy (non-hydrogen) atoms. The lowest BCUT2D eigenvalue weighted by atomic mass is 9.96. The molecule has 0 aromatic heterocycles. The maximum absolute atomic E-state index is 13.6. The predicted octanol–water partition coefficient (Wildman–Crippen LogP) is 2.13. The second-order valence-electron chi connectivity index (χ2n) is 12.3. The van der Waals surface area contributed by atoms with Crippen molar-refractivity contribution in [1.82, 2.24) is 20.9 Å². The number of aliphatic hydroxyl groups is 1. The minimum Gasteiger partial charge on any atom is -0.454 e. The summed E-state index contributed by atoms with van der Waals surface area (Å²) in [5.74, 6) is -0.0182. The van der Waals surface area contributed by atoms with E-state index in [1.54, 1.807) is 6.07 Å². The smallest absolute Gasteiger partial charge is 0.243 e. The second-order valence-corrected chi connectivity index (χ2v) is 14.4. The number of sulfone groups is 1. The van der Waals surface area contributed by atoms with E-state index in [-0.39, 0.29) is 54.2 Å². The lowest BCUT2D eigenvalue weighted by Crippen LogP contribution is -2.57. The molecule has 2 amide bonds. The van der Waals surface area contributed by atoms with Gasteiger partial charge >= 0.3 is 0 Å². The lowest BCUT2D eigenvalue weighted by Gasteiger charge is -2.30. The van der Waals surface area contributed by atoms with Crippen LogP contribution in [0.5, 0.6) is 11.5 Å². The summed E-state index contributed by atoms with van der Waals surface area (Å²) in [5, 5.41) is 20.4. The Morgan fingerprint density at radius 1 is 0.978 bits per heavy atom. The Kier molecular flexibility index (Phi) is 12.6. The van der Waals surface area contributed by atoms with Crippen molar-refractivity contribution in [2.24, 2.45) is 11.8 Å². The normalized spacial score (nSPS) is 18.1. The average Bonchev–Trinajstić information content (AvgIpc) is 3.71. The standard InChI is InChI=1S/C33H48N4O7S/c1-4-24(3)32(36-31(39)20-37-14-8-9-15-37)33(40)35-27(16-25-10-6-5-7-11-25)28(38)19-34-18-23(2)21-45(41,42)26-12-13-29-30(17-26)44-22-43-29/h5-7,10-13,17,23-24,27-28,32,34,38H,4,8-9,14-16,18-22H2,1-3H3,(H,35,40)(H,36,39)/t23?,24-,27?,28+,32-/m0/s1. The number of nitrogens with one attached hydrogen (secondary N) is 3. The molecule has 248 valence electrons. The molecular formula is C33H48N4O7S. The lowest BCUT2D eigenvalue weighted by molar-refractivity contribution is -0.131. The summed E-state index contributed by atoms with van der Waals surface area (Å²) in [4.78, 5) is 28.7. The average molecular weight is 645 g/mol. The number of benzene rings is 2. The van der Waals surface area contributed by atoms with Gasteiger partial charge in [0.25, 0.3) is 0 Å². The molecule has 2 heterocycles. The number of aliphatic hydroxyl groups excluding tert-OH is 1. The first-order valence-electron chi connectivity index (χ1n) is 15.9. The topological polar surface area (TPSA) is 146 Å². The largest absolute Gasteiger partial charge is 0.454 e. The van der Waals surface area contributed by atoms with Crippen molar-refractivity contribution < 1.29 is 32.6 Å². The molecule has 1 saturated heterocycles. The van der Waals surface area contributed by atoms with Crippen LogP contribution in [-0.2, 0) is 25.8 Å². The van der Waals surface area contributed by atoms with Crippen molar-refractivity contribution in [2.45, 2.75) is 69.5 Å². The van der Waals surface area contributed by atoms with E-state index < -0.39 is 28.0 Å². The van der Waals surface area contributed by atoms with E-state index in [4.69, 9.17) is 9.47 Å². The van der Waals surface area contributed by atoms with Crippen LogP contribution in [-0.4, -0.2) is 93.7 Å². The van der Waals surface area contributed by atoms with Crippen molar-refractivity contribution in [3.05, 3.63) is 54.1 Å². The Labute approximate surface area is 267 Å². The molecule has 5 atom stereocenters. The van der Waals surface area contributed by atoms with Gasteiger partial charge in [0, 0.05) is 12.6 Å². The Hall–Kier alpha value is -3.19. The maximum Gasteiger partial charge on any atom is 0.243 e. The number of likely N-dealkylation sites (tertiary alicyclic amines) is 1. The first kappa shape index (κ1) is 34.7. The molecule has 0 saturated carbocycles. The van der Waals surface area contributed by atoms with Crippen molar-refractivity contribution in [3.8, 4) is 11.5 Å². The summed E-state index contributed by atoms with van der Waals surface area (Å²) in [6.45, 7) is 8.33. The fraction of sp³-hybridized carbons (Fsp3) is 0.576. The summed E-state index contributed by atoms with van der Waals surface area (Å²) in [5.41, 5.74) is 0.947. The highest BCUT2D eigenvalue weighted by molar-refractivity contribution is 7.91. The third-order valence-corrected chi connectivity index (χ3v) is 10.5. The first-order valence-corrected chi connectivity index (χ1v) is 17.6. The third kappa shape index (κ3) is 10.2. The molecule has 2 aromatic rings. The molecule has 1 fully saturated rings. The Morgan fingerprint density at radius 2 is 1.69 bits per heavy atom. The molecule has 4 rings (SSSR count). The molecule has 11 nitrogen and oxygen atoms in total. The van der Waals surface area contributed by atoms with Gasteiger partial charge in [0.05, 0.1) is 29.3 Å². The van der Waals surface area contributed by atoms with E-state index >= 15 is 0 Å². The minimum atomic E-state index is -3.58. The number of carbonyl (C=O) groups is 2. The van der Waals surface area contributed by atoms with E-state index in [1.807, 2.05) is 51.1 Å². The zero-order valence-corrected chi connectivity index (χ0v) is 27.4.